The van der Waals surface area contributed by atoms with E-state index in [0.29, 0.717) is 13.1 Å². The molecule has 1 N–H and O–H groups in total. The molecule has 0 spiro atoms. The molecule has 0 amide bonds. The summed E-state index contributed by atoms with van der Waals surface area (Å²) in [6.07, 6.45) is 0. The first-order valence-corrected chi connectivity index (χ1v) is 7.54. The number of carbonyl (C=O) groups is 1. The van der Waals surface area contributed by atoms with E-state index in [-0.39, 0.29) is 5.92 Å². The van der Waals surface area contributed by atoms with Gasteiger partial charge in [-0.1, -0.05) is 29.8 Å². The largest absolute Gasteiger partial charge is 0.481 e. The van der Waals surface area contributed by atoms with Gasteiger partial charge in [-0.15, -0.1) is 11.3 Å². The number of hydrogen-bond acceptors (Lipinski definition) is 3. The zero-order valence-electron chi connectivity index (χ0n) is 11.4. The van der Waals surface area contributed by atoms with Gasteiger partial charge in [0.05, 0.1) is 5.92 Å². The third kappa shape index (κ3) is 2.76. The molecule has 0 radical (unpaired) electrons. The van der Waals surface area contributed by atoms with Gasteiger partial charge in [-0.3, -0.25) is 9.69 Å². The molecule has 4 heteroatoms. The van der Waals surface area contributed by atoms with Crippen LogP contribution in [0.1, 0.15) is 10.4 Å². The summed E-state index contributed by atoms with van der Waals surface area (Å²) in [6.45, 7) is 4.30. The number of carboxylic acid groups (broad SMARTS) is 1. The lowest BCUT2D eigenvalue weighted by Gasteiger charge is -2.36. The molecule has 0 bridgehead atoms. The van der Waals surface area contributed by atoms with E-state index < -0.39 is 5.97 Å². The second-order valence-corrected chi connectivity index (χ2v) is 6.53. The zero-order valence-corrected chi connectivity index (χ0v) is 12.2. The van der Waals surface area contributed by atoms with Gasteiger partial charge >= 0.3 is 5.97 Å². The Morgan fingerprint density at radius 2 is 1.95 bits per heavy atom. The SMILES string of the molecule is Cc1ccc(-c2ccc(CN3CC(C(=O)O)C3)s2)cc1. The quantitative estimate of drug-likeness (QED) is 0.938. The minimum atomic E-state index is -0.673. The van der Waals surface area contributed by atoms with Gasteiger partial charge in [0.15, 0.2) is 0 Å². The van der Waals surface area contributed by atoms with Gasteiger partial charge in [0.1, 0.15) is 0 Å². The number of carboxylic acids is 1. The molecule has 1 aromatic carbocycles. The number of rotatable bonds is 4. The Morgan fingerprint density at radius 1 is 1.25 bits per heavy atom. The molecule has 0 unspecified atom stereocenters. The molecule has 2 heterocycles. The molecule has 1 fully saturated rings. The molecule has 1 aromatic heterocycles. The van der Waals surface area contributed by atoms with Crippen LogP contribution >= 0.6 is 11.3 Å². The monoisotopic (exact) mass is 287 g/mol. The van der Waals surface area contributed by atoms with Crippen molar-refractivity contribution < 1.29 is 9.90 Å². The van der Waals surface area contributed by atoms with Crippen molar-refractivity contribution in [3.8, 4) is 10.4 Å². The molecular weight excluding hydrogens is 270 g/mol. The number of benzene rings is 1. The minimum Gasteiger partial charge on any atom is -0.481 e. The van der Waals surface area contributed by atoms with Gasteiger partial charge < -0.3 is 5.11 Å². The first-order chi connectivity index (χ1) is 9.61. The van der Waals surface area contributed by atoms with Crippen molar-refractivity contribution in [1.29, 1.82) is 0 Å². The summed E-state index contributed by atoms with van der Waals surface area (Å²) in [6, 6.07) is 12.8. The highest BCUT2D eigenvalue weighted by atomic mass is 32.1. The van der Waals surface area contributed by atoms with Crippen LogP contribution in [0.5, 0.6) is 0 Å². The molecule has 2 aromatic rings. The summed E-state index contributed by atoms with van der Waals surface area (Å²) < 4.78 is 0. The first kappa shape index (κ1) is 13.3. The summed E-state index contributed by atoms with van der Waals surface area (Å²) in [5.74, 6) is -0.848. The smallest absolute Gasteiger partial charge is 0.309 e. The second-order valence-electron chi connectivity index (χ2n) is 5.36. The van der Waals surface area contributed by atoms with Gasteiger partial charge in [0, 0.05) is 29.4 Å². The molecule has 0 aliphatic carbocycles. The number of nitrogens with zero attached hydrogens (tertiary/aromatic N) is 1. The lowest BCUT2D eigenvalue weighted by molar-refractivity contribution is -0.147. The van der Waals surface area contributed by atoms with Crippen molar-refractivity contribution in [3.63, 3.8) is 0 Å². The fourth-order valence-electron chi connectivity index (χ4n) is 2.41. The van der Waals surface area contributed by atoms with Crippen LogP contribution in [0.3, 0.4) is 0 Å². The third-order valence-electron chi connectivity index (χ3n) is 3.68. The van der Waals surface area contributed by atoms with Crippen LogP contribution in [-0.2, 0) is 11.3 Å². The van der Waals surface area contributed by atoms with E-state index in [1.165, 1.54) is 20.9 Å². The predicted octanol–water partition coefficient (Wildman–Crippen LogP) is 3.24. The van der Waals surface area contributed by atoms with Crippen molar-refractivity contribution in [3.05, 3.63) is 46.8 Å². The van der Waals surface area contributed by atoms with E-state index >= 15 is 0 Å². The number of aryl methyl sites for hydroxylation is 1. The molecular formula is C16H17NO2S. The van der Waals surface area contributed by atoms with Gasteiger partial charge in [-0.25, -0.2) is 0 Å². The molecule has 104 valence electrons. The van der Waals surface area contributed by atoms with Crippen molar-refractivity contribution in [2.45, 2.75) is 13.5 Å². The molecule has 1 saturated heterocycles. The van der Waals surface area contributed by atoms with Crippen LogP contribution in [0.25, 0.3) is 10.4 Å². The predicted molar refractivity (Wildman–Crippen MR) is 80.9 cm³/mol. The van der Waals surface area contributed by atoms with Crippen molar-refractivity contribution >= 4 is 17.3 Å². The summed E-state index contributed by atoms with van der Waals surface area (Å²) in [5.41, 5.74) is 2.52. The molecule has 20 heavy (non-hydrogen) atoms. The van der Waals surface area contributed by atoms with Crippen molar-refractivity contribution in [1.82, 2.24) is 4.90 Å². The Hall–Kier alpha value is -1.65. The lowest BCUT2D eigenvalue weighted by Crippen LogP contribution is -2.49. The lowest BCUT2D eigenvalue weighted by atomic mass is 10.0. The third-order valence-corrected chi connectivity index (χ3v) is 4.80. The van der Waals surface area contributed by atoms with E-state index in [9.17, 15) is 4.79 Å². The molecule has 0 atom stereocenters. The van der Waals surface area contributed by atoms with E-state index in [1.807, 2.05) is 0 Å². The fraction of sp³-hybridized carbons (Fsp3) is 0.312. The summed E-state index contributed by atoms with van der Waals surface area (Å²) in [4.78, 5) is 15.5. The number of aliphatic carboxylic acids is 1. The fourth-order valence-corrected chi connectivity index (χ4v) is 3.47. The molecule has 0 saturated carbocycles. The highest BCUT2D eigenvalue weighted by Gasteiger charge is 2.32. The van der Waals surface area contributed by atoms with Crippen molar-refractivity contribution in [2.24, 2.45) is 5.92 Å². The Labute approximate surface area is 122 Å². The van der Waals surface area contributed by atoms with E-state index in [4.69, 9.17) is 5.11 Å². The van der Waals surface area contributed by atoms with Crippen LogP contribution in [0, 0.1) is 12.8 Å². The minimum absolute atomic E-state index is 0.175. The van der Waals surface area contributed by atoms with Gasteiger partial charge in [-0.05, 0) is 24.6 Å². The Kier molecular flexibility index (Phi) is 3.59. The Morgan fingerprint density at radius 3 is 2.60 bits per heavy atom. The van der Waals surface area contributed by atoms with Crippen LogP contribution in [0.15, 0.2) is 36.4 Å². The topological polar surface area (TPSA) is 40.5 Å². The normalized spacial score (nSPS) is 16.1. The van der Waals surface area contributed by atoms with Crippen LogP contribution in [0.4, 0.5) is 0 Å². The number of likely N-dealkylation sites (tertiary alicyclic amines) is 1. The summed E-state index contributed by atoms with van der Waals surface area (Å²) >= 11 is 1.79. The van der Waals surface area contributed by atoms with Gasteiger partial charge in [0.2, 0.25) is 0 Å². The Bertz CT molecular complexity index is 612. The average molecular weight is 287 g/mol. The molecule has 1 aliphatic heterocycles. The van der Waals surface area contributed by atoms with Crippen LogP contribution in [-0.4, -0.2) is 29.1 Å². The zero-order chi connectivity index (χ0) is 14.1. The van der Waals surface area contributed by atoms with Crippen LogP contribution < -0.4 is 0 Å². The standard InChI is InChI=1S/C16H17NO2S/c1-11-2-4-12(5-3-11)15-7-6-14(20-15)10-17-8-13(9-17)16(18)19/h2-7,13H,8-10H2,1H3,(H,18,19). The second kappa shape index (κ2) is 5.38. The molecule has 3 rings (SSSR count). The van der Waals surface area contributed by atoms with Gasteiger partial charge in [0.25, 0.3) is 0 Å². The summed E-state index contributed by atoms with van der Waals surface area (Å²) in [5, 5.41) is 8.87. The number of hydrogen-bond donors (Lipinski definition) is 1. The first-order valence-electron chi connectivity index (χ1n) is 6.73. The van der Waals surface area contributed by atoms with E-state index in [1.54, 1.807) is 11.3 Å². The average Bonchev–Trinajstić information content (AvgIpc) is 2.82. The Balaban J connectivity index is 1.63. The van der Waals surface area contributed by atoms with Crippen LogP contribution in [0.2, 0.25) is 0 Å². The maximum absolute atomic E-state index is 10.8. The van der Waals surface area contributed by atoms with E-state index in [0.717, 1.165) is 6.54 Å². The molecule has 1 aliphatic rings. The maximum atomic E-state index is 10.8. The van der Waals surface area contributed by atoms with Gasteiger partial charge in [-0.2, -0.15) is 0 Å². The highest BCUT2D eigenvalue weighted by molar-refractivity contribution is 7.15. The van der Waals surface area contributed by atoms with Crippen molar-refractivity contribution in [2.75, 3.05) is 13.1 Å². The highest BCUT2D eigenvalue weighted by Crippen LogP contribution is 2.30. The molecule has 3 nitrogen and oxygen atoms in total. The maximum Gasteiger partial charge on any atom is 0.309 e. The van der Waals surface area contributed by atoms with E-state index in [2.05, 4.69) is 48.2 Å². The number of thiophene rings is 1. The summed E-state index contributed by atoms with van der Waals surface area (Å²) in [7, 11) is 0.